The van der Waals surface area contributed by atoms with Crippen molar-refractivity contribution in [3.05, 3.63) is 64.4 Å². The second kappa shape index (κ2) is 9.36. The average molecular weight is 422 g/mol. The van der Waals surface area contributed by atoms with Gasteiger partial charge in [-0.1, -0.05) is 35.9 Å². The maximum atomic E-state index is 12.6. The van der Waals surface area contributed by atoms with Crippen molar-refractivity contribution >= 4 is 23.8 Å². The lowest BCUT2D eigenvalue weighted by atomic mass is 10.1. The summed E-state index contributed by atoms with van der Waals surface area (Å²) in [6.45, 7) is 5.77. The summed E-state index contributed by atoms with van der Waals surface area (Å²) in [4.78, 5) is 15.0. The highest BCUT2D eigenvalue weighted by atomic mass is 32.1. The van der Waals surface area contributed by atoms with Gasteiger partial charge >= 0.3 is 0 Å². The van der Waals surface area contributed by atoms with E-state index < -0.39 is 0 Å². The number of likely N-dealkylation sites (tertiary alicyclic amines) is 1. The molecule has 2 aromatic carbocycles. The zero-order valence-corrected chi connectivity index (χ0v) is 18.0. The summed E-state index contributed by atoms with van der Waals surface area (Å²) in [6.07, 6.45) is 2.87. The highest BCUT2D eigenvalue weighted by molar-refractivity contribution is 7.71. The molecule has 1 aliphatic rings. The predicted molar refractivity (Wildman–Crippen MR) is 122 cm³/mol. The zero-order chi connectivity index (χ0) is 20.9. The number of benzene rings is 2. The van der Waals surface area contributed by atoms with Crippen molar-refractivity contribution in [2.45, 2.75) is 39.3 Å². The van der Waals surface area contributed by atoms with Crippen molar-refractivity contribution in [2.75, 3.05) is 18.4 Å². The van der Waals surface area contributed by atoms with Crippen LogP contribution in [-0.2, 0) is 17.9 Å². The van der Waals surface area contributed by atoms with Gasteiger partial charge in [0.15, 0.2) is 10.6 Å². The number of rotatable bonds is 7. The van der Waals surface area contributed by atoms with Crippen LogP contribution in [0.15, 0.2) is 48.5 Å². The number of carbonyl (C=O) groups is 1. The lowest BCUT2D eigenvalue weighted by molar-refractivity contribution is -0.116. The first-order valence-electron chi connectivity index (χ1n) is 10.4. The topological polar surface area (TPSA) is 66.0 Å². The molecular weight excluding hydrogens is 394 g/mol. The van der Waals surface area contributed by atoms with Crippen molar-refractivity contribution in [3.8, 4) is 11.4 Å². The molecule has 1 amide bonds. The first kappa shape index (κ1) is 20.5. The Morgan fingerprint density at radius 3 is 2.77 bits per heavy atom. The summed E-state index contributed by atoms with van der Waals surface area (Å²) in [5.74, 6) is 0.718. The SMILES string of the molecule is Cc1cccc(-c2n[nH]c(=S)n2CCC(=O)Nc2cccc(CN3CCCC3)c2)c1. The third-order valence-electron chi connectivity index (χ3n) is 5.41. The Labute approximate surface area is 181 Å². The second-order valence-corrected chi connectivity index (χ2v) is 8.24. The van der Waals surface area contributed by atoms with E-state index in [1.54, 1.807) is 0 Å². The van der Waals surface area contributed by atoms with Gasteiger partial charge in [0.2, 0.25) is 5.91 Å². The van der Waals surface area contributed by atoms with E-state index >= 15 is 0 Å². The normalized spacial score (nSPS) is 14.2. The van der Waals surface area contributed by atoms with Gasteiger partial charge < -0.3 is 5.32 Å². The lowest BCUT2D eigenvalue weighted by Crippen LogP contribution is -2.19. The number of aromatic amines is 1. The van der Waals surface area contributed by atoms with Crippen LogP contribution in [0.3, 0.4) is 0 Å². The molecule has 2 N–H and O–H groups in total. The molecule has 0 saturated carbocycles. The number of aryl methyl sites for hydroxylation is 1. The fourth-order valence-corrected chi connectivity index (χ4v) is 4.14. The summed E-state index contributed by atoms with van der Waals surface area (Å²) >= 11 is 5.38. The molecule has 0 radical (unpaired) electrons. The zero-order valence-electron chi connectivity index (χ0n) is 17.2. The Balaban J connectivity index is 1.39. The van der Waals surface area contributed by atoms with Crippen LogP contribution in [-0.4, -0.2) is 38.7 Å². The van der Waals surface area contributed by atoms with E-state index in [0.717, 1.165) is 42.3 Å². The van der Waals surface area contributed by atoms with E-state index in [1.165, 1.54) is 18.4 Å². The number of aromatic nitrogens is 3. The molecule has 0 unspecified atom stereocenters. The molecule has 1 aliphatic heterocycles. The van der Waals surface area contributed by atoms with Crippen molar-refractivity contribution in [1.82, 2.24) is 19.7 Å². The van der Waals surface area contributed by atoms with Gasteiger partial charge in [-0.15, -0.1) is 0 Å². The number of nitrogens with zero attached hydrogens (tertiary/aromatic N) is 3. The quantitative estimate of drug-likeness (QED) is 0.550. The van der Waals surface area contributed by atoms with E-state index in [4.69, 9.17) is 12.2 Å². The van der Waals surface area contributed by atoms with Crippen LogP contribution in [0.4, 0.5) is 5.69 Å². The van der Waals surface area contributed by atoms with Crippen LogP contribution >= 0.6 is 12.2 Å². The summed E-state index contributed by atoms with van der Waals surface area (Å²) < 4.78 is 2.40. The highest BCUT2D eigenvalue weighted by Gasteiger charge is 2.13. The molecule has 3 aromatic rings. The minimum Gasteiger partial charge on any atom is -0.326 e. The van der Waals surface area contributed by atoms with Gasteiger partial charge in [-0.25, -0.2) is 0 Å². The molecule has 0 aliphatic carbocycles. The van der Waals surface area contributed by atoms with Gasteiger partial charge in [0, 0.05) is 30.8 Å². The number of H-pyrrole nitrogens is 1. The Morgan fingerprint density at radius 1 is 1.17 bits per heavy atom. The van der Waals surface area contributed by atoms with Gasteiger partial charge in [0.25, 0.3) is 0 Å². The molecule has 7 heteroatoms. The Kier molecular flexibility index (Phi) is 6.40. The molecule has 1 fully saturated rings. The van der Waals surface area contributed by atoms with Crippen molar-refractivity contribution in [3.63, 3.8) is 0 Å². The summed E-state index contributed by atoms with van der Waals surface area (Å²) in [6, 6.07) is 16.2. The largest absolute Gasteiger partial charge is 0.326 e. The smallest absolute Gasteiger partial charge is 0.226 e. The first-order valence-corrected chi connectivity index (χ1v) is 10.8. The second-order valence-electron chi connectivity index (χ2n) is 7.86. The van der Waals surface area contributed by atoms with Crippen molar-refractivity contribution in [1.29, 1.82) is 0 Å². The standard InChI is InChI=1S/C23H27N5OS/c1-17-6-4-8-19(14-17)22-25-26-23(30)28(22)13-10-21(29)24-20-9-5-7-18(15-20)16-27-11-2-3-12-27/h4-9,14-15H,2-3,10-13,16H2,1H3,(H,24,29)(H,26,30). The van der Waals surface area contributed by atoms with E-state index in [-0.39, 0.29) is 5.91 Å². The number of anilines is 1. The molecule has 0 spiro atoms. The maximum absolute atomic E-state index is 12.6. The van der Waals surface area contributed by atoms with Crippen LogP contribution in [0.25, 0.3) is 11.4 Å². The molecule has 1 saturated heterocycles. The molecule has 4 rings (SSSR count). The van der Waals surface area contributed by atoms with Gasteiger partial charge in [-0.05, 0) is 68.8 Å². The van der Waals surface area contributed by atoms with E-state index in [1.807, 2.05) is 41.8 Å². The maximum Gasteiger partial charge on any atom is 0.226 e. The lowest BCUT2D eigenvalue weighted by Gasteiger charge is -2.15. The molecule has 2 heterocycles. The van der Waals surface area contributed by atoms with Crippen LogP contribution in [0, 0.1) is 11.7 Å². The highest BCUT2D eigenvalue weighted by Crippen LogP contribution is 2.20. The number of amides is 1. The molecular formula is C23H27N5OS. The number of carbonyl (C=O) groups excluding carboxylic acids is 1. The Bertz CT molecular complexity index is 1080. The minimum absolute atomic E-state index is 0.0355. The number of hydrogen-bond acceptors (Lipinski definition) is 4. The van der Waals surface area contributed by atoms with E-state index in [2.05, 4.69) is 38.6 Å². The van der Waals surface area contributed by atoms with E-state index in [0.29, 0.717) is 17.7 Å². The van der Waals surface area contributed by atoms with Gasteiger partial charge in [-0.2, -0.15) is 5.10 Å². The molecule has 30 heavy (non-hydrogen) atoms. The summed E-state index contributed by atoms with van der Waals surface area (Å²) in [5.41, 5.74) is 4.21. The molecule has 1 aromatic heterocycles. The van der Waals surface area contributed by atoms with Crippen molar-refractivity contribution < 1.29 is 4.79 Å². The van der Waals surface area contributed by atoms with Gasteiger partial charge in [0.1, 0.15) is 0 Å². The third kappa shape index (κ3) is 5.04. The molecule has 6 nitrogen and oxygen atoms in total. The summed E-state index contributed by atoms with van der Waals surface area (Å²) in [5, 5.41) is 10.2. The van der Waals surface area contributed by atoms with Crippen LogP contribution in [0.5, 0.6) is 0 Å². The van der Waals surface area contributed by atoms with Crippen LogP contribution < -0.4 is 5.32 Å². The molecule has 156 valence electrons. The first-order chi connectivity index (χ1) is 14.6. The number of hydrogen-bond donors (Lipinski definition) is 2. The fraction of sp³-hybridized carbons (Fsp3) is 0.348. The number of nitrogens with one attached hydrogen (secondary N) is 2. The fourth-order valence-electron chi connectivity index (χ4n) is 3.91. The van der Waals surface area contributed by atoms with Gasteiger partial charge in [-0.3, -0.25) is 19.4 Å². The Hall–Kier alpha value is -2.77. The predicted octanol–water partition coefficient (Wildman–Crippen LogP) is 4.54. The molecule has 0 bridgehead atoms. The molecule has 0 atom stereocenters. The van der Waals surface area contributed by atoms with Crippen molar-refractivity contribution in [2.24, 2.45) is 0 Å². The Morgan fingerprint density at radius 2 is 1.97 bits per heavy atom. The van der Waals surface area contributed by atoms with Crippen LogP contribution in [0.1, 0.15) is 30.4 Å². The summed E-state index contributed by atoms with van der Waals surface area (Å²) in [7, 11) is 0. The third-order valence-corrected chi connectivity index (χ3v) is 5.72. The van der Waals surface area contributed by atoms with Gasteiger partial charge in [0.05, 0.1) is 0 Å². The minimum atomic E-state index is -0.0355. The monoisotopic (exact) mass is 421 g/mol. The van der Waals surface area contributed by atoms with E-state index in [9.17, 15) is 4.79 Å². The average Bonchev–Trinajstić information content (AvgIpc) is 3.36. The van der Waals surface area contributed by atoms with Crippen LogP contribution in [0.2, 0.25) is 0 Å².